The predicted octanol–water partition coefficient (Wildman–Crippen LogP) is 4.56. The van der Waals surface area contributed by atoms with Crippen molar-refractivity contribution in [2.24, 2.45) is 4.99 Å². The molecule has 25 heavy (non-hydrogen) atoms. The molecule has 0 bridgehead atoms. The summed E-state index contributed by atoms with van der Waals surface area (Å²) in [5.41, 5.74) is 2.56. The number of nitriles is 1. The number of halogens is 1. The minimum Gasteiger partial charge on any atom is -0.295 e. The first-order valence-electron chi connectivity index (χ1n) is 7.36. The van der Waals surface area contributed by atoms with Gasteiger partial charge >= 0.3 is 0 Å². The van der Waals surface area contributed by atoms with Crippen LogP contribution in [-0.2, 0) is 0 Å². The van der Waals surface area contributed by atoms with E-state index < -0.39 is 0 Å². The van der Waals surface area contributed by atoms with E-state index in [0.29, 0.717) is 11.3 Å². The molecule has 0 saturated heterocycles. The highest BCUT2D eigenvalue weighted by molar-refractivity contribution is 9.10. The Bertz CT molecular complexity index is 1030. The van der Waals surface area contributed by atoms with Crippen LogP contribution in [0.4, 0.5) is 5.69 Å². The Balaban J connectivity index is 1.94. The molecule has 0 atom stereocenters. The maximum Gasteiger partial charge on any atom is 0.280 e. The number of benzene rings is 2. The van der Waals surface area contributed by atoms with Gasteiger partial charge in [0.05, 0.1) is 16.9 Å². The standard InChI is InChI=1S/C18H13BrN4OS/c1-12-15(18(24)23(22-12)13-5-3-2-4-6-13)10-21-17-8-7-14(25-11-20)9-16(17)19/h2-10,22H,1H3. The first kappa shape index (κ1) is 17.3. The minimum absolute atomic E-state index is 0.153. The van der Waals surface area contributed by atoms with Gasteiger partial charge in [-0.05, 0) is 64.9 Å². The lowest BCUT2D eigenvalue weighted by molar-refractivity contribution is 0.835. The fraction of sp³-hybridized carbons (Fsp3) is 0.0556. The van der Waals surface area contributed by atoms with Crippen molar-refractivity contribution in [2.75, 3.05) is 0 Å². The molecule has 0 aliphatic carbocycles. The molecule has 5 nitrogen and oxygen atoms in total. The molecule has 0 aliphatic rings. The zero-order valence-corrected chi connectivity index (χ0v) is 15.6. The summed E-state index contributed by atoms with van der Waals surface area (Å²) >= 11 is 4.53. The Labute approximate surface area is 157 Å². The average Bonchev–Trinajstić information content (AvgIpc) is 2.90. The van der Waals surface area contributed by atoms with Crippen LogP contribution >= 0.6 is 27.7 Å². The molecular weight excluding hydrogens is 400 g/mol. The number of aryl methyl sites for hydroxylation is 1. The molecule has 3 rings (SSSR count). The first-order valence-corrected chi connectivity index (χ1v) is 8.97. The summed E-state index contributed by atoms with van der Waals surface area (Å²) in [5.74, 6) is 0. The van der Waals surface area contributed by atoms with Gasteiger partial charge in [-0.15, -0.1) is 0 Å². The fourth-order valence-corrected chi connectivity index (χ4v) is 3.36. The minimum atomic E-state index is -0.153. The fourth-order valence-electron chi connectivity index (χ4n) is 2.31. The Morgan fingerprint density at radius 1 is 1.28 bits per heavy atom. The third-order valence-corrected chi connectivity index (χ3v) is 4.76. The zero-order chi connectivity index (χ0) is 17.8. The number of aromatic nitrogens is 2. The smallest absolute Gasteiger partial charge is 0.280 e. The van der Waals surface area contributed by atoms with E-state index in [9.17, 15) is 4.79 Å². The van der Waals surface area contributed by atoms with E-state index in [4.69, 9.17) is 5.26 Å². The SMILES string of the molecule is Cc1[nH]n(-c2ccccc2)c(=O)c1C=Nc1ccc(SC#N)cc1Br. The predicted molar refractivity (Wildman–Crippen MR) is 104 cm³/mol. The molecule has 124 valence electrons. The van der Waals surface area contributed by atoms with Crippen LogP contribution in [0, 0.1) is 17.6 Å². The summed E-state index contributed by atoms with van der Waals surface area (Å²) in [4.78, 5) is 17.9. The molecule has 0 unspecified atom stereocenters. The van der Waals surface area contributed by atoms with Gasteiger partial charge in [-0.1, -0.05) is 18.2 Å². The number of thioether (sulfide) groups is 1. The van der Waals surface area contributed by atoms with Crippen molar-refractivity contribution >= 4 is 39.6 Å². The van der Waals surface area contributed by atoms with E-state index in [0.717, 1.165) is 32.5 Å². The number of nitrogens with one attached hydrogen (secondary N) is 1. The Kier molecular flexibility index (Phi) is 5.22. The molecule has 1 aromatic heterocycles. The molecule has 0 saturated carbocycles. The van der Waals surface area contributed by atoms with E-state index in [1.165, 1.54) is 4.68 Å². The van der Waals surface area contributed by atoms with Crippen molar-refractivity contribution in [3.63, 3.8) is 0 Å². The van der Waals surface area contributed by atoms with E-state index in [2.05, 4.69) is 26.0 Å². The van der Waals surface area contributed by atoms with Gasteiger partial charge < -0.3 is 0 Å². The number of hydrogen-bond donors (Lipinski definition) is 1. The summed E-state index contributed by atoms with van der Waals surface area (Å²) in [6, 6.07) is 14.8. The Morgan fingerprint density at radius 3 is 2.72 bits per heavy atom. The van der Waals surface area contributed by atoms with Crippen LogP contribution in [0.1, 0.15) is 11.3 Å². The number of aliphatic imine (C=N–C) groups is 1. The van der Waals surface area contributed by atoms with Crippen molar-refractivity contribution in [2.45, 2.75) is 11.8 Å². The van der Waals surface area contributed by atoms with E-state index in [1.807, 2.05) is 54.8 Å². The van der Waals surface area contributed by atoms with Gasteiger partial charge in [0.1, 0.15) is 5.40 Å². The second kappa shape index (κ2) is 7.55. The zero-order valence-electron chi connectivity index (χ0n) is 13.2. The van der Waals surface area contributed by atoms with Crippen LogP contribution in [-0.4, -0.2) is 16.0 Å². The second-order valence-corrected chi connectivity index (χ2v) is 6.90. The highest BCUT2D eigenvalue weighted by Gasteiger charge is 2.10. The molecule has 0 radical (unpaired) electrons. The number of rotatable bonds is 4. The van der Waals surface area contributed by atoms with Gasteiger partial charge in [-0.25, -0.2) is 4.68 Å². The molecule has 0 aliphatic heterocycles. The lowest BCUT2D eigenvalue weighted by Crippen LogP contribution is -2.17. The molecule has 0 fully saturated rings. The van der Waals surface area contributed by atoms with Gasteiger partial charge in [0.25, 0.3) is 5.56 Å². The highest BCUT2D eigenvalue weighted by Crippen LogP contribution is 2.30. The van der Waals surface area contributed by atoms with E-state index >= 15 is 0 Å². The topological polar surface area (TPSA) is 73.9 Å². The molecule has 7 heteroatoms. The van der Waals surface area contributed by atoms with Crippen LogP contribution in [0.15, 0.2) is 67.7 Å². The van der Waals surface area contributed by atoms with Crippen LogP contribution in [0.25, 0.3) is 5.69 Å². The normalized spacial score (nSPS) is 10.9. The van der Waals surface area contributed by atoms with E-state index in [-0.39, 0.29) is 5.56 Å². The van der Waals surface area contributed by atoms with Gasteiger partial charge in [0.15, 0.2) is 0 Å². The number of para-hydroxylation sites is 1. The molecule has 2 aromatic carbocycles. The van der Waals surface area contributed by atoms with Crippen LogP contribution in [0.5, 0.6) is 0 Å². The Morgan fingerprint density at radius 2 is 2.04 bits per heavy atom. The lowest BCUT2D eigenvalue weighted by atomic mass is 10.2. The molecule has 3 aromatic rings. The molecule has 1 heterocycles. The number of H-pyrrole nitrogens is 1. The molecular formula is C18H13BrN4OS. The van der Waals surface area contributed by atoms with Crippen molar-refractivity contribution in [3.8, 4) is 11.1 Å². The third-order valence-electron chi connectivity index (χ3n) is 3.55. The number of hydrogen-bond acceptors (Lipinski definition) is 4. The number of nitrogens with zero attached hydrogens (tertiary/aromatic N) is 3. The lowest BCUT2D eigenvalue weighted by Gasteiger charge is -2.00. The largest absolute Gasteiger partial charge is 0.295 e. The van der Waals surface area contributed by atoms with Gasteiger partial charge in [-0.2, -0.15) is 5.26 Å². The highest BCUT2D eigenvalue weighted by atomic mass is 79.9. The van der Waals surface area contributed by atoms with Crippen molar-refractivity contribution in [3.05, 3.63) is 74.6 Å². The quantitative estimate of drug-likeness (QED) is 0.387. The maximum atomic E-state index is 12.6. The number of aromatic amines is 1. The monoisotopic (exact) mass is 412 g/mol. The van der Waals surface area contributed by atoms with Gasteiger partial charge in [0, 0.05) is 21.3 Å². The summed E-state index contributed by atoms with van der Waals surface area (Å²) in [6.45, 7) is 1.84. The second-order valence-electron chi connectivity index (χ2n) is 5.19. The first-order chi connectivity index (χ1) is 12.1. The van der Waals surface area contributed by atoms with Crippen molar-refractivity contribution < 1.29 is 0 Å². The van der Waals surface area contributed by atoms with Crippen molar-refractivity contribution in [1.82, 2.24) is 9.78 Å². The summed E-state index contributed by atoms with van der Waals surface area (Å²) in [7, 11) is 0. The average molecular weight is 413 g/mol. The number of thiocyanates is 1. The van der Waals surface area contributed by atoms with E-state index in [1.54, 1.807) is 12.3 Å². The summed E-state index contributed by atoms with van der Waals surface area (Å²) in [6.07, 6.45) is 1.56. The molecule has 1 N–H and O–H groups in total. The molecule has 0 amide bonds. The Hall–Kier alpha value is -2.56. The maximum absolute atomic E-state index is 12.6. The van der Waals surface area contributed by atoms with Crippen LogP contribution < -0.4 is 5.56 Å². The van der Waals surface area contributed by atoms with Gasteiger partial charge in [-0.3, -0.25) is 14.9 Å². The summed E-state index contributed by atoms with van der Waals surface area (Å²) in [5, 5.41) is 13.8. The van der Waals surface area contributed by atoms with Crippen LogP contribution in [0.3, 0.4) is 0 Å². The third kappa shape index (κ3) is 3.76. The van der Waals surface area contributed by atoms with Crippen LogP contribution in [0.2, 0.25) is 0 Å². The summed E-state index contributed by atoms with van der Waals surface area (Å²) < 4.78 is 2.26. The molecule has 0 spiro atoms. The van der Waals surface area contributed by atoms with Gasteiger partial charge in [0.2, 0.25) is 0 Å². The van der Waals surface area contributed by atoms with Crippen molar-refractivity contribution in [1.29, 1.82) is 5.26 Å².